The Morgan fingerprint density at radius 3 is 2.30 bits per heavy atom. The molecule has 1 atom stereocenters. The number of alkyl halides is 3. The maximum absolute atomic E-state index is 14.1. The van der Waals surface area contributed by atoms with Gasteiger partial charge in [0.2, 0.25) is 0 Å². The number of ketones is 2. The number of carbonyl (C=O) groups excluding carboxylic acids is 3. The Balaban J connectivity index is 1.89. The van der Waals surface area contributed by atoms with Crippen molar-refractivity contribution >= 4 is 23.2 Å². The van der Waals surface area contributed by atoms with Gasteiger partial charge in [-0.05, 0) is 73.6 Å². The van der Waals surface area contributed by atoms with Crippen molar-refractivity contribution < 1.29 is 31.9 Å². The molecule has 0 unspecified atom stereocenters. The Kier molecular flexibility index (Phi) is 10.7. The molecule has 246 valence electrons. The van der Waals surface area contributed by atoms with Gasteiger partial charge in [0, 0.05) is 42.3 Å². The summed E-state index contributed by atoms with van der Waals surface area (Å²) >= 11 is 0. The van der Waals surface area contributed by atoms with E-state index in [1.165, 1.54) is 31.4 Å². The maximum atomic E-state index is 14.1. The molecule has 0 fully saturated rings. The van der Waals surface area contributed by atoms with Crippen LogP contribution in [0.5, 0.6) is 0 Å². The van der Waals surface area contributed by atoms with E-state index in [0.29, 0.717) is 22.8 Å². The molecule has 0 aliphatic rings. The summed E-state index contributed by atoms with van der Waals surface area (Å²) in [6.45, 7) is 2.94. The van der Waals surface area contributed by atoms with Crippen molar-refractivity contribution in [3.63, 3.8) is 0 Å². The second kappa shape index (κ2) is 14.5. The van der Waals surface area contributed by atoms with E-state index >= 15 is 0 Å². The Hall–Kier alpha value is -5.17. The molecule has 9 nitrogen and oxygen atoms in total. The third-order valence-electron chi connectivity index (χ3n) is 7.71. The molecule has 3 N–H and O–H groups in total. The van der Waals surface area contributed by atoms with Crippen molar-refractivity contribution in [3.05, 3.63) is 116 Å². The van der Waals surface area contributed by atoms with Crippen LogP contribution in [0.4, 0.5) is 23.2 Å². The number of nitrogens with zero attached hydrogens (tertiary/aromatic N) is 2. The van der Waals surface area contributed by atoms with Gasteiger partial charge < -0.3 is 16.0 Å². The van der Waals surface area contributed by atoms with Crippen molar-refractivity contribution in [1.82, 2.24) is 20.2 Å². The highest BCUT2D eigenvalue weighted by molar-refractivity contribution is 6.09. The number of anilines is 1. The summed E-state index contributed by atoms with van der Waals surface area (Å²) in [5, 5.41) is 8.35. The first-order chi connectivity index (χ1) is 22.3. The zero-order valence-corrected chi connectivity index (χ0v) is 26.1. The largest absolute Gasteiger partial charge is 0.416 e. The first kappa shape index (κ1) is 34.7. The molecular formula is C34H33F4N5O4. The number of amides is 1. The topological polar surface area (TPSA) is 122 Å². The molecule has 47 heavy (non-hydrogen) atoms. The van der Waals surface area contributed by atoms with E-state index in [2.05, 4.69) is 20.9 Å². The van der Waals surface area contributed by atoms with Gasteiger partial charge in [-0.2, -0.15) is 13.2 Å². The van der Waals surface area contributed by atoms with E-state index in [-0.39, 0.29) is 47.0 Å². The van der Waals surface area contributed by atoms with Crippen LogP contribution in [0.25, 0.3) is 11.4 Å². The molecule has 1 amide bonds. The second-order valence-electron chi connectivity index (χ2n) is 10.7. The molecule has 0 saturated heterocycles. The van der Waals surface area contributed by atoms with Crippen LogP contribution < -0.4 is 21.5 Å². The number of halogens is 4. The molecule has 0 radical (unpaired) electrons. The van der Waals surface area contributed by atoms with Gasteiger partial charge in [-0.15, -0.1) is 0 Å². The lowest BCUT2D eigenvalue weighted by Crippen LogP contribution is -2.40. The number of hydrogen-bond acceptors (Lipinski definition) is 7. The van der Waals surface area contributed by atoms with Gasteiger partial charge in [-0.25, -0.2) is 9.37 Å². The SMILES string of the molecule is CCC(=O)[C@H](CNc1cnc(-c2cccc(C(=O)NC)c2C)n(Cc2cc(C(=O)c3ccc(F)cc3)cc(C(F)(F)F)c2)c1=O)NC. The van der Waals surface area contributed by atoms with Crippen LogP contribution in [0, 0.1) is 12.7 Å². The van der Waals surface area contributed by atoms with Crippen molar-refractivity contribution in [3.8, 4) is 11.4 Å². The van der Waals surface area contributed by atoms with Gasteiger partial charge in [0.15, 0.2) is 11.6 Å². The van der Waals surface area contributed by atoms with E-state index in [4.69, 9.17) is 0 Å². The highest BCUT2D eigenvalue weighted by Gasteiger charge is 2.32. The summed E-state index contributed by atoms with van der Waals surface area (Å²) in [5.74, 6) is -1.82. The minimum Gasteiger partial charge on any atom is -0.377 e. The smallest absolute Gasteiger partial charge is 0.377 e. The lowest BCUT2D eigenvalue weighted by atomic mass is 9.98. The first-order valence-corrected chi connectivity index (χ1v) is 14.7. The fourth-order valence-corrected chi connectivity index (χ4v) is 5.10. The molecule has 1 aromatic heterocycles. The molecule has 1 heterocycles. The van der Waals surface area contributed by atoms with E-state index in [1.54, 1.807) is 39.1 Å². The predicted molar refractivity (Wildman–Crippen MR) is 169 cm³/mol. The Morgan fingerprint density at radius 1 is 0.979 bits per heavy atom. The number of Topliss-reactive ketones (excluding diaryl/α,β-unsaturated/α-hetero) is 1. The minimum absolute atomic E-state index is 0.0207. The van der Waals surface area contributed by atoms with Crippen LogP contribution in [0.3, 0.4) is 0 Å². The highest BCUT2D eigenvalue weighted by Crippen LogP contribution is 2.32. The number of nitrogens with one attached hydrogen (secondary N) is 3. The first-order valence-electron chi connectivity index (χ1n) is 14.7. The molecule has 0 aliphatic heterocycles. The van der Waals surface area contributed by atoms with E-state index in [0.717, 1.165) is 22.8 Å². The van der Waals surface area contributed by atoms with Crippen LogP contribution in [0.15, 0.2) is 71.7 Å². The van der Waals surface area contributed by atoms with Gasteiger partial charge in [0.25, 0.3) is 11.5 Å². The van der Waals surface area contributed by atoms with Crippen LogP contribution in [-0.4, -0.2) is 53.7 Å². The van der Waals surface area contributed by atoms with Crippen molar-refractivity contribution in [2.24, 2.45) is 0 Å². The normalized spacial score (nSPS) is 12.0. The Morgan fingerprint density at radius 2 is 1.68 bits per heavy atom. The van der Waals surface area contributed by atoms with Gasteiger partial charge in [-0.3, -0.25) is 23.7 Å². The minimum atomic E-state index is -4.84. The average Bonchev–Trinajstić information content (AvgIpc) is 3.05. The number of hydrogen-bond donors (Lipinski definition) is 3. The monoisotopic (exact) mass is 651 g/mol. The summed E-state index contributed by atoms with van der Waals surface area (Å²) in [6, 6.07) is 11.3. The highest BCUT2D eigenvalue weighted by atomic mass is 19.4. The molecule has 13 heteroatoms. The Bertz CT molecular complexity index is 1870. The van der Waals surface area contributed by atoms with Crippen molar-refractivity contribution in [1.29, 1.82) is 0 Å². The maximum Gasteiger partial charge on any atom is 0.416 e. The third kappa shape index (κ3) is 7.80. The van der Waals surface area contributed by atoms with E-state index in [1.807, 2.05) is 0 Å². The van der Waals surface area contributed by atoms with Crippen LogP contribution in [-0.2, 0) is 17.5 Å². The average molecular weight is 652 g/mol. The summed E-state index contributed by atoms with van der Waals surface area (Å²) in [4.78, 5) is 56.5. The number of benzene rings is 3. The van der Waals surface area contributed by atoms with Crippen LogP contribution >= 0.6 is 0 Å². The predicted octanol–water partition coefficient (Wildman–Crippen LogP) is 4.99. The summed E-state index contributed by atoms with van der Waals surface area (Å²) in [7, 11) is 3.06. The van der Waals surface area contributed by atoms with Crippen molar-refractivity contribution in [2.45, 2.75) is 39.0 Å². The molecular weight excluding hydrogens is 618 g/mol. The molecule has 0 aliphatic carbocycles. The van der Waals surface area contributed by atoms with Gasteiger partial charge in [0.1, 0.15) is 17.3 Å². The number of carbonyl (C=O) groups is 3. The van der Waals surface area contributed by atoms with Crippen molar-refractivity contribution in [2.75, 3.05) is 26.0 Å². The molecule has 0 saturated carbocycles. The van der Waals surface area contributed by atoms with Gasteiger partial charge in [-0.1, -0.05) is 19.1 Å². The second-order valence-corrected chi connectivity index (χ2v) is 10.7. The third-order valence-corrected chi connectivity index (χ3v) is 7.71. The molecule has 4 aromatic rings. The van der Waals surface area contributed by atoms with Crippen LogP contribution in [0.2, 0.25) is 0 Å². The quantitative estimate of drug-likeness (QED) is 0.146. The number of aromatic nitrogens is 2. The summed E-state index contributed by atoms with van der Waals surface area (Å²) in [5.41, 5.74) is -1.04. The van der Waals surface area contributed by atoms with Gasteiger partial charge >= 0.3 is 6.18 Å². The zero-order chi connectivity index (χ0) is 34.5. The lowest BCUT2D eigenvalue weighted by Gasteiger charge is -2.19. The summed E-state index contributed by atoms with van der Waals surface area (Å²) in [6.07, 6.45) is -3.32. The van der Waals surface area contributed by atoms with Gasteiger partial charge in [0.05, 0.1) is 24.3 Å². The zero-order valence-electron chi connectivity index (χ0n) is 26.1. The fraction of sp³-hybridized carbons (Fsp3) is 0.265. The van der Waals surface area contributed by atoms with E-state index < -0.39 is 47.4 Å². The molecule has 4 rings (SSSR count). The lowest BCUT2D eigenvalue weighted by molar-refractivity contribution is -0.137. The molecule has 0 bridgehead atoms. The van der Waals surface area contributed by atoms with Crippen LogP contribution in [0.1, 0.15) is 56.3 Å². The number of rotatable bonds is 12. The molecule has 0 spiro atoms. The Labute approximate surface area is 268 Å². The molecule has 3 aromatic carbocycles. The number of likely N-dealkylation sites (N-methyl/N-ethyl adjacent to an activating group) is 1. The van der Waals surface area contributed by atoms with E-state index in [9.17, 15) is 36.7 Å². The summed E-state index contributed by atoms with van der Waals surface area (Å²) < 4.78 is 56.9. The standard InChI is InChI=1S/C34H33F4N5O4/c1-5-29(44)27(39-3)16-41-28-17-42-31(25-7-6-8-26(19(25)2)32(46)40-4)43(33(28)47)18-20-13-22(15-23(14-20)34(36,37)38)30(45)21-9-11-24(35)12-10-21/h6-15,17,27,39,41H,5,16,18H2,1-4H3,(H,40,46)/t27-/m0/s1. The fourth-order valence-electron chi connectivity index (χ4n) is 5.10.